The van der Waals surface area contributed by atoms with E-state index in [1.165, 1.54) is 5.56 Å². The summed E-state index contributed by atoms with van der Waals surface area (Å²) in [7, 11) is 0. The van der Waals surface area contributed by atoms with Crippen LogP contribution in [-0.4, -0.2) is 11.1 Å². The van der Waals surface area contributed by atoms with Gasteiger partial charge in [-0.05, 0) is 24.5 Å². The van der Waals surface area contributed by atoms with Gasteiger partial charge in [0.25, 0.3) is 0 Å². The zero-order valence-electron chi connectivity index (χ0n) is 9.60. The third-order valence-electron chi connectivity index (χ3n) is 2.24. The molecule has 0 bridgehead atoms. The molecule has 2 nitrogen and oxygen atoms in total. The molecule has 1 aromatic carbocycles. The van der Waals surface area contributed by atoms with Gasteiger partial charge in [0, 0.05) is 6.08 Å². The van der Waals surface area contributed by atoms with E-state index in [9.17, 15) is 4.79 Å². The van der Waals surface area contributed by atoms with Crippen LogP contribution < -0.4 is 0 Å². The van der Waals surface area contributed by atoms with Gasteiger partial charge in [0.2, 0.25) is 0 Å². The van der Waals surface area contributed by atoms with Crippen molar-refractivity contribution in [2.45, 2.75) is 20.3 Å². The van der Waals surface area contributed by atoms with Crippen molar-refractivity contribution >= 4 is 12.0 Å². The van der Waals surface area contributed by atoms with Crippen molar-refractivity contribution in [1.29, 1.82) is 0 Å². The summed E-state index contributed by atoms with van der Waals surface area (Å²) in [6, 6.07) is 8.22. The minimum atomic E-state index is -0.921. The number of rotatable bonds is 4. The molecule has 0 saturated heterocycles. The van der Waals surface area contributed by atoms with Crippen LogP contribution in [0.2, 0.25) is 0 Å². The first-order valence-electron chi connectivity index (χ1n) is 5.30. The second-order valence-corrected chi connectivity index (χ2v) is 3.66. The van der Waals surface area contributed by atoms with Gasteiger partial charge in [-0.2, -0.15) is 0 Å². The molecule has 1 rings (SSSR count). The monoisotopic (exact) mass is 216 g/mol. The molecule has 0 aliphatic carbocycles. The van der Waals surface area contributed by atoms with Gasteiger partial charge in [-0.15, -0.1) is 0 Å². The number of hydrogen-bond acceptors (Lipinski definition) is 1. The molecule has 0 atom stereocenters. The Balaban J connectivity index is 2.85. The zero-order chi connectivity index (χ0) is 12.0. The number of benzene rings is 1. The van der Waals surface area contributed by atoms with Crippen molar-refractivity contribution in [2.75, 3.05) is 0 Å². The minimum Gasteiger partial charge on any atom is -0.478 e. The predicted octanol–water partition coefficient (Wildman–Crippen LogP) is 3.29. The zero-order valence-corrected chi connectivity index (χ0v) is 9.60. The van der Waals surface area contributed by atoms with E-state index in [0.29, 0.717) is 0 Å². The molecule has 0 amide bonds. The summed E-state index contributed by atoms with van der Waals surface area (Å²) in [4.78, 5) is 10.3. The molecule has 0 fully saturated rings. The maximum absolute atomic E-state index is 10.3. The van der Waals surface area contributed by atoms with Crippen molar-refractivity contribution in [1.82, 2.24) is 0 Å². The number of aliphatic carboxylic acids is 1. The topological polar surface area (TPSA) is 37.3 Å². The Morgan fingerprint density at radius 1 is 1.38 bits per heavy atom. The molecule has 1 aromatic rings. The quantitative estimate of drug-likeness (QED) is 0.619. The Morgan fingerprint density at radius 2 is 2.12 bits per heavy atom. The first-order valence-corrected chi connectivity index (χ1v) is 5.30. The Bertz CT molecular complexity index is 428. The normalized spacial score (nSPS) is 12.0. The van der Waals surface area contributed by atoms with E-state index >= 15 is 0 Å². The van der Waals surface area contributed by atoms with Crippen LogP contribution in [0, 0.1) is 0 Å². The molecule has 0 aromatic heterocycles. The highest BCUT2D eigenvalue weighted by Gasteiger charge is 1.92. The molecule has 1 N–H and O–H groups in total. The summed E-state index contributed by atoms with van der Waals surface area (Å²) in [6.07, 6.45) is 5.72. The smallest absolute Gasteiger partial charge is 0.328 e. The summed E-state index contributed by atoms with van der Waals surface area (Å²) in [6.45, 7) is 4.00. The first-order chi connectivity index (χ1) is 7.61. The molecular formula is C14H16O2. The molecule has 0 spiro atoms. The van der Waals surface area contributed by atoms with Gasteiger partial charge in [-0.3, -0.25) is 0 Å². The van der Waals surface area contributed by atoms with Gasteiger partial charge in [0.1, 0.15) is 0 Å². The molecule has 0 unspecified atom stereocenters. The molecule has 0 heterocycles. The molecule has 0 aliphatic rings. The Hall–Kier alpha value is -1.83. The molecule has 84 valence electrons. The predicted molar refractivity (Wildman–Crippen MR) is 66.2 cm³/mol. The standard InChI is InChI=1S/C14H16O2/c1-3-12-5-4-6-13(10-12)9-11(2)7-8-14(15)16/h4-10H,3H2,1-2H3,(H,15,16). The highest BCUT2D eigenvalue weighted by atomic mass is 16.4. The van der Waals surface area contributed by atoms with E-state index in [1.807, 2.05) is 25.1 Å². The molecule has 16 heavy (non-hydrogen) atoms. The SMILES string of the molecule is CCc1cccc(C=C(C)C=CC(=O)O)c1. The summed E-state index contributed by atoms with van der Waals surface area (Å²) in [5.41, 5.74) is 3.31. The molecule has 0 aliphatic heterocycles. The Labute approximate surface area is 95.9 Å². The van der Waals surface area contributed by atoms with E-state index in [2.05, 4.69) is 19.1 Å². The van der Waals surface area contributed by atoms with Gasteiger partial charge < -0.3 is 5.11 Å². The fourth-order valence-electron chi connectivity index (χ4n) is 1.42. The van der Waals surface area contributed by atoms with Crippen LogP contribution in [0.5, 0.6) is 0 Å². The molecular weight excluding hydrogens is 200 g/mol. The van der Waals surface area contributed by atoms with Crippen molar-refractivity contribution < 1.29 is 9.90 Å². The molecule has 0 radical (unpaired) electrons. The highest BCUT2D eigenvalue weighted by molar-refractivity contribution is 5.80. The summed E-state index contributed by atoms with van der Waals surface area (Å²) in [5, 5.41) is 8.50. The first kappa shape index (κ1) is 12.2. The van der Waals surface area contributed by atoms with Crippen LogP contribution in [0.25, 0.3) is 6.08 Å². The lowest BCUT2D eigenvalue weighted by molar-refractivity contribution is -0.131. The Kier molecular flexibility index (Phi) is 4.52. The lowest BCUT2D eigenvalue weighted by atomic mass is 10.1. The number of carboxylic acids is 1. The van der Waals surface area contributed by atoms with E-state index in [-0.39, 0.29) is 0 Å². The lowest BCUT2D eigenvalue weighted by Crippen LogP contribution is -1.86. The highest BCUT2D eigenvalue weighted by Crippen LogP contribution is 2.10. The minimum absolute atomic E-state index is 0.921. The second kappa shape index (κ2) is 5.91. The number of allylic oxidation sites excluding steroid dienone is 2. The number of carbonyl (C=O) groups is 1. The van der Waals surface area contributed by atoms with Crippen LogP contribution in [0.15, 0.2) is 42.0 Å². The van der Waals surface area contributed by atoms with E-state index in [0.717, 1.165) is 23.6 Å². The second-order valence-electron chi connectivity index (χ2n) is 3.66. The van der Waals surface area contributed by atoms with E-state index < -0.39 is 5.97 Å². The van der Waals surface area contributed by atoms with Crippen molar-refractivity contribution in [2.24, 2.45) is 0 Å². The lowest BCUT2D eigenvalue weighted by Gasteiger charge is -1.99. The molecule has 0 saturated carbocycles. The van der Waals surface area contributed by atoms with Gasteiger partial charge in [-0.1, -0.05) is 48.9 Å². The van der Waals surface area contributed by atoms with Gasteiger partial charge in [0.15, 0.2) is 0 Å². The van der Waals surface area contributed by atoms with Gasteiger partial charge >= 0.3 is 5.97 Å². The Morgan fingerprint density at radius 3 is 2.75 bits per heavy atom. The van der Waals surface area contributed by atoms with Gasteiger partial charge in [0.05, 0.1) is 0 Å². The third kappa shape index (κ3) is 4.13. The fraction of sp³-hybridized carbons (Fsp3) is 0.214. The van der Waals surface area contributed by atoms with Gasteiger partial charge in [-0.25, -0.2) is 4.79 Å². The number of hydrogen-bond donors (Lipinski definition) is 1. The summed E-state index contributed by atoms with van der Waals surface area (Å²) < 4.78 is 0. The largest absolute Gasteiger partial charge is 0.478 e. The maximum atomic E-state index is 10.3. The van der Waals surface area contributed by atoms with Crippen LogP contribution in [0.3, 0.4) is 0 Å². The van der Waals surface area contributed by atoms with E-state index in [4.69, 9.17) is 5.11 Å². The van der Waals surface area contributed by atoms with Crippen LogP contribution in [0.4, 0.5) is 0 Å². The fourth-order valence-corrected chi connectivity index (χ4v) is 1.42. The van der Waals surface area contributed by atoms with Crippen LogP contribution in [-0.2, 0) is 11.2 Å². The third-order valence-corrected chi connectivity index (χ3v) is 2.24. The van der Waals surface area contributed by atoms with E-state index in [1.54, 1.807) is 6.08 Å². The van der Waals surface area contributed by atoms with Crippen molar-refractivity contribution in [3.05, 3.63) is 53.1 Å². The average Bonchev–Trinajstić information content (AvgIpc) is 2.26. The van der Waals surface area contributed by atoms with Crippen molar-refractivity contribution in [3.63, 3.8) is 0 Å². The summed E-state index contributed by atoms with van der Waals surface area (Å²) in [5.74, 6) is -0.921. The van der Waals surface area contributed by atoms with Crippen LogP contribution in [0.1, 0.15) is 25.0 Å². The van der Waals surface area contributed by atoms with Crippen molar-refractivity contribution in [3.8, 4) is 0 Å². The molecule has 2 heteroatoms. The maximum Gasteiger partial charge on any atom is 0.328 e. The number of aryl methyl sites for hydroxylation is 1. The number of carboxylic acid groups (broad SMARTS) is 1. The average molecular weight is 216 g/mol. The summed E-state index contributed by atoms with van der Waals surface area (Å²) >= 11 is 0. The van der Waals surface area contributed by atoms with Crippen LogP contribution >= 0.6 is 0 Å².